The number of aryl methyl sites for hydroxylation is 1. The summed E-state index contributed by atoms with van der Waals surface area (Å²) in [6.45, 7) is 2.03. The molecule has 0 aliphatic heterocycles. The quantitative estimate of drug-likeness (QED) is 0.715. The van der Waals surface area contributed by atoms with Crippen LogP contribution in [0.25, 0.3) is 0 Å². The molecule has 3 aromatic rings. The highest BCUT2D eigenvalue weighted by Crippen LogP contribution is 2.18. The van der Waals surface area contributed by atoms with Gasteiger partial charge in [-0.25, -0.2) is 4.98 Å². The van der Waals surface area contributed by atoms with E-state index in [9.17, 15) is 8.42 Å². The molecule has 0 saturated carbocycles. The standard InChI is InChI=1S/C19H17N3O2S/c1-15-5-7-16(8-6-15)14-21-17-9-11-18(12-10-17)25(23,24)22-19-4-2-3-13-20-19/h2-14H,1H3,(H,20,22)/p+1. The molecule has 126 valence electrons. The fourth-order valence-electron chi connectivity index (χ4n) is 2.17. The summed E-state index contributed by atoms with van der Waals surface area (Å²) in [4.78, 5) is 7.38. The zero-order chi connectivity index (χ0) is 17.7. The van der Waals surface area contributed by atoms with Crippen molar-refractivity contribution in [3.05, 3.63) is 84.1 Å². The summed E-state index contributed by atoms with van der Waals surface area (Å²) >= 11 is 0. The van der Waals surface area contributed by atoms with Crippen molar-refractivity contribution in [3.63, 3.8) is 0 Å². The third-order valence-corrected chi connectivity index (χ3v) is 4.92. The average molecular weight is 352 g/mol. The van der Waals surface area contributed by atoms with Gasteiger partial charge < -0.3 is 0 Å². The van der Waals surface area contributed by atoms with E-state index in [1.54, 1.807) is 42.7 Å². The highest BCUT2D eigenvalue weighted by Gasteiger charge is 2.19. The van der Waals surface area contributed by atoms with E-state index in [-0.39, 0.29) is 4.90 Å². The summed E-state index contributed by atoms with van der Waals surface area (Å²) in [5.74, 6) is 0.406. The Kier molecular flexibility index (Phi) is 4.90. The molecule has 25 heavy (non-hydrogen) atoms. The zero-order valence-corrected chi connectivity index (χ0v) is 14.5. The number of pyridine rings is 1. The number of aliphatic imine (C=N–C) groups is 1. The number of nitrogens with zero attached hydrogens (tertiary/aromatic N) is 1. The third kappa shape index (κ3) is 4.51. The molecule has 2 N–H and O–H groups in total. The number of sulfonamides is 1. The van der Waals surface area contributed by atoms with Crippen LogP contribution in [0.3, 0.4) is 0 Å². The monoisotopic (exact) mass is 352 g/mol. The van der Waals surface area contributed by atoms with Crippen LogP contribution in [0.1, 0.15) is 11.1 Å². The van der Waals surface area contributed by atoms with Crippen molar-refractivity contribution in [1.29, 1.82) is 0 Å². The van der Waals surface area contributed by atoms with Crippen LogP contribution in [0.15, 0.2) is 82.8 Å². The van der Waals surface area contributed by atoms with E-state index in [2.05, 4.69) is 14.7 Å². The molecule has 1 heterocycles. The second-order valence-electron chi connectivity index (χ2n) is 5.54. The van der Waals surface area contributed by atoms with Crippen LogP contribution >= 0.6 is 0 Å². The number of rotatable bonds is 5. The topological polar surface area (TPSA) is 72.7 Å². The number of aromatic amines is 1. The summed E-state index contributed by atoms with van der Waals surface area (Å²) < 4.78 is 27.2. The SMILES string of the molecule is Cc1ccc(C=Nc2ccc(S(=O)(=O)Nc3cccc[nH+]3)cc2)cc1. The van der Waals surface area contributed by atoms with Crippen molar-refractivity contribution in [2.75, 3.05) is 4.72 Å². The summed E-state index contributed by atoms with van der Waals surface area (Å²) in [5.41, 5.74) is 2.87. The van der Waals surface area contributed by atoms with Crippen LogP contribution < -0.4 is 9.71 Å². The van der Waals surface area contributed by atoms with E-state index in [0.717, 1.165) is 5.56 Å². The zero-order valence-electron chi connectivity index (χ0n) is 13.7. The molecule has 0 bridgehead atoms. The molecule has 0 fully saturated rings. The van der Waals surface area contributed by atoms with E-state index in [1.807, 2.05) is 31.2 Å². The van der Waals surface area contributed by atoms with Gasteiger partial charge in [-0.2, -0.15) is 13.1 Å². The van der Waals surface area contributed by atoms with Gasteiger partial charge in [0.1, 0.15) is 4.90 Å². The van der Waals surface area contributed by atoms with E-state index >= 15 is 0 Å². The second-order valence-corrected chi connectivity index (χ2v) is 7.23. The molecule has 3 rings (SSSR count). The lowest BCUT2D eigenvalue weighted by molar-refractivity contribution is -0.360. The van der Waals surface area contributed by atoms with Crippen LogP contribution in [-0.4, -0.2) is 14.6 Å². The summed E-state index contributed by atoms with van der Waals surface area (Å²) in [6.07, 6.45) is 3.40. The number of H-pyrrole nitrogens is 1. The van der Waals surface area contributed by atoms with Crippen LogP contribution in [0.2, 0.25) is 0 Å². The van der Waals surface area contributed by atoms with Gasteiger partial charge in [-0.05, 0) is 42.8 Å². The molecule has 1 aromatic heterocycles. The van der Waals surface area contributed by atoms with Gasteiger partial charge in [0.15, 0.2) is 0 Å². The molecule has 2 aromatic carbocycles. The summed E-state index contributed by atoms with van der Waals surface area (Å²) in [7, 11) is -3.64. The summed E-state index contributed by atoms with van der Waals surface area (Å²) in [6, 6.07) is 19.6. The minimum absolute atomic E-state index is 0.180. The minimum Gasteiger partial charge on any atom is -0.256 e. The largest absolute Gasteiger partial charge is 0.328 e. The average Bonchev–Trinajstić information content (AvgIpc) is 2.62. The maximum atomic E-state index is 12.4. The van der Waals surface area contributed by atoms with Crippen molar-refractivity contribution in [2.24, 2.45) is 4.99 Å². The molecule has 0 amide bonds. The summed E-state index contributed by atoms with van der Waals surface area (Å²) in [5, 5.41) is 0. The smallest absolute Gasteiger partial charge is 0.256 e. The van der Waals surface area contributed by atoms with E-state index in [1.165, 1.54) is 17.7 Å². The number of hydrogen-bond donors (Lipinski definition) is 1. The highest BCUT2D eigenvalue weighted by atomic mass is 32.2. The van der Waals surface area contributed by atoms with Gasteiger partial charge in [0, 0.05) is 12.3 Å². The Morgan fingerprint density at radius 3 is 2.32 bits per heavy atom. The lowest BCUT2D eigenvalue weighted by Gasteiger charge is -2.02. The molecule has 5 nitrogen and oxygen atoms in total. The Labute approximate surface area is 147 Å². The van der Waals surface area contributed by atoms with Crippen molar-refractivity contribution < 1.29 is 13.4 Å². The lowest BCUT2D eigenvalue weighted by atomic mass is 10.2. The molecule has 0 atom stereocenters. The molecule has 0 saturated heterocycles. The van der Waals surface area contributed by atoms with Gasteiger partial charge >= 0.3 is 10.0 Å². The highest BCUT2D eigenvalue weighted by molar-refractivity contribution is 7.92. The van der Waals surface area contributed by atoms with Gasteiger partial charge in [0.2, 0.25) is 0 Å². The normalized spacial score (nSPS) is 11.6. The molecule has 0 aliphatic carbocycles. The van der Waals surface area contributed by atoms with Crippen LogP contribution in [0.5, 0.6) is 0 Å². The van der Waals surface area contributed by atoms with Crippen molar-refractivity contribution >= 4 is 27.7 Å². The van der Waals surface area contributed by atoms with Gasteiger partial charge in [-0.1, -0.05) is 35.9 Å². The van der Waals surface area contributed by atoms with E-state index < -0.39 is 10.0 Å². The molecule has 0 radical (unpaired) electrons. The molecular formula is C19H18N3O2S+. The van der Waals surface area contributed by atoms with Gasteiger partial charge in [-0.3, -0.25) is 4.99 Å². The van der Waals surface area contributed by atoms with E-state index in [4.69, 9.17) is 0 Å². The Morgan fingerprint density at radius 1 is 0.960 bits per heavy atom. The Hall–Kier alpha value is -2.99. The first-order valence-corrected chi connectivity index (χ1v) is 9.22. The Morgan fingerprint density at radius 2 is 1.68 bits per heavy atom. The van der Waals surface area contributed by atoms with Crippen LogP contribution in [-0.2, 0) is 10.0 Å². The van der Waals surface area contributed by atoms with Crippen molar-refractivity contribution in [2.45, 2.75) is 11.8 Å². The number of anilines is 1. The fourth-order valence-corrected chi connectivity index (χ4v) is 3.20. The van der Waals surface area contributed by atoms with Gasteiger partial charge in [-0.15, -0.1) is 0 Å². The lowest BCUT2D eigenvalue weighted by Crippen LogP contribution is -2.19. The predicted octanol–water partition coefficient (Wildman–Crippen LogP) is 3.36. The fraction of sp³-hybridized carbons (Fsp3) is 0.0526. The van der Waals surface area contributed by atoms with Crippen LogP contribution in [0, 0.1) is 6.92 Å². The Balaban J connectivity index is 1.74. The number of benzene rings is 2. The predicted molar refractivity (Wildman–Crippen MR) is 98.7 cm³/mol. The maximum Gasteiger partial charge on any atom is 0.328 e. The number of aromatic nitrogens is 1. The second kappa shape index (κ2) is 7.27. The molecule has 0 aliphatic rings. The maximum absolute atomic E-state index is 12.4. The first kappa shape index (κ1) is 16.9. The Bertz CT molecular complexity index is 965. The molecule has 0 spiro atoms. The van der Waals surface area contributed by atoms with Gasteiger partial charge in [0.05, 0.1) is 11.9 Å². The van der Waals surface area contributed by atoms with Crippen molar-refractivity contribution in [3.8, 4) is 0 Å². The third-order valence-electron chi connectivity index (χ3n) is 3.54. The molecular weight excluding hydrogens is 334 g/mol. The van der Waals surface area contributed by atoms with Gasteiger partial charge in [0.25, 0.3) is 5.82 Å². The van der Waals surface area contributed by atoms with Crippen molar-refractivity contribution in [1.82, 2.24) is 0 Å². The first-order valence-electron chi connectivity index (χ1n) is 7.73. The van der Waals surface area contributed by atoms with E-state index in [0.29, 0.717) is 11.5 Å². The molecule has 0 unspecified atom stereocenters. The minimum atomic E-state index is -3.64. The first-order chi connectivity index (χ1) is 12.0. The number of hydrogen-bond acceptors (Lipinski definition) is 3. The number of nitrogens with one attached hydrogen (secondary N) is 2. The molecule has 6 heteroatoms. The van der Waals surface area contributed by atoms with Crippen LogP contribution in [0.4, 0.5) is 11.5 Å².